The summed E-state index contributed by atoms with van der Waals surface area (Å²) in [5.41, 5.74) is 6.26. The highest BCUT2D eigenvalue weighted by molar-refractivity contribution is 7.13. The lowest BCUT2D eigenvalue weighted by atomic mass is 9.92. The van der Waals surface area contributed by atoms with Crippen LogP contribution in [0.25, 0.3) is 10.8 Å². The van der Waals surface area contributed by atoms with Crippen molar-refractivity contribution >= 4 is 17.2 Å². The van der Waals surface area contributed by atoms with Gasteiger partial charge in [-0.25, -0.2) is 4.98 Å². The maximum atomic E-state index is 12.2. The van der Waals surface area contributed by atoms with E-state index in [1.165, 1.54) is 11.3 Å². The lowest BCUT2D eigenvalue weighted by Crippen LogP contribution is -2.53. The van der Waals surface area contributed by atoms with E-state index in [4.69, 9.17) is 10.2 Å². The number of nitrogens with two attached hydrogens (primary N) is 1. The number of rotatable bonds is 7. The molecule has 3 N–H and O–H groups in total. The van der Waals surface area contributed by atoms with E-state index in [2.05, 4.69) is 10.3 Å². The molecule has 0 radical (unpaired) electrons. The first-order chi connectivity index (χ1) is 10.5. The van der Waals surface area contributed by atoms with Crippen molar-refractivity contribution in [3.63, 3.8) is 0 Å². The Morgan fingerprint density at radius 1 is 1.41 bits per heavy atom. The van der Waals surface area contributed by atoms with Gasteiger partial charge in [0.2, 0.25) is 5.91 Å². The fraction of sp³-hybridized carbons (Fsp3) is 0.500. The topological polar surface area (TPSA) is 81.1 Å². The first-order valence-corrected chi connectivity index (χ1v) is 8.42. The Morgan fingerprint density at radius 3 is 2.68 bits per heavy atom. The molecule has 0 aliphatic rings. The second-order valence-corrected chi connectivity index (χ2v) is 6.33. The number of carbonyl (C=O) groups is 1. The SMILES string of the molecule is CCC(CC)(CN)NC(=O)Cc1csc(-c2ccc(C)o2)n1. The molecule has 0 aliphatic carbocycles. The van der Waals surface area contributed by atoms with Crippen molar-refractivity contribution < 1.29 is 9.21 Å². The average molecular weight is 321 g/mol. The number of nitrogens with zero attached hydrogens (tertiary/aromatic N) is 1. The third-order valence-electron chi connectivity index (χ3n) is 3.99. The van der Waals surface area contributed by atoms with Crippen LogP contribution in [0.4, 0.5) is 0 Å². The van der Waals surface area contributed by atoms with Gasteiger partial charge in [0.25, 0.3) is 0 Å². The van der Waals surface area contributed by atoms with Crippen molar-refractivity contribution in [2.24, 2.45) is 5.73 Å². The Bertz CT molecular complexity index is 621. The Kier molecular flexibility index (Phi) is 5.37. The summed E-state index contributed by atoms with van der Waals surface area (Å²) in [5, 5.41) is 5.75. The number of aryl methyl sites for hydroxylation is 1. The number of thiazole rings is 1. The summed E-state index contributed by atoms with van der Waals surface area (Å²) >= 11 is 1.48. The molecule has 2 heterocycles. The molecular formula is C16H23N3O2S. The number of carbonyl (C=O) groups excluding carboxylic acids is 1. The van der Waals surface area contributed by atoms with Crippen LogP contribution in [0.3, 0.4) is 0 Å². The fourth-order valence-corrected chi connectivity index (χ4v) is 3.10. The molecule has 0 unspecified atom stereocenters. The molecule has 0 fully saturated rings. The average Bonchev–Trinajstić information content (AvgIpc) is 3.14. The van der Waals surface area contributed by atoms with Gasteiger partial charge in [0.1, 0.15) is 5.76 Å². The number of hydrogen-bond acceptors (Lipinski definition) is 5. The highest BCUT2D eigenvalue weighted by Gasteiger charge is 2.26. The van der Waals surface area contributed by atoms with E-state index in [0.717, 1.165) is 35.1 Å². The minimum Gasteiger partial charge on any atom is -0.459 e. The molecule has 2 rings (SSSR count). The summed E-state index contributed by atoms with van der Waals surface area (Å²) < 4.78 is 5.55. The van der Waals surface area contributed by atoms with Gasteiger partial charge in [0.15, 0.2) is 10.8 Å². The van der Waals surface area contributed by atoms with Gasteiger partial charge < -0.3 is 15.5 Å². The molecule has 0 aromatic carbocycles. The second-order valence-electron chi connectivity index (χ2n) is 5.47. The molecule has 0 spiro atoms. The van der Waals surface area contributed by atoms with Gasteiger partial charge in [-0.05, 0) is 31.9 Å². The summed E-state index contributed by atoms with van der Waals surface area (Å²) in [7, 11) is 0. The largest absolute Gasteiger partial charge is 0.459 e. The van der Waals surface area contributed by atoms with E-state index in [9.17, 15) is 4.79 Å². The van der Waals surface area contributed by atoms with E-state index in [1.54, 1.807) is 0 Å². The zero-order valence-corrected chi connectivity index (χ0v) is 14.1. The van der Waals surface area contributed by atoms with Gasteiger partial charge in [-0.1, -0.05) is 13.8 Å². The van der Waals surface area contributed by atoms with E-state index >= 15 is 0 Å². The highest BCUT2D eigenvalue weighted by Crippen LogP contribution is 2.25. The normalized spacial score (nSPS) is 11.6. The van der Waals surface area contributed by atoms with Crippen LogP contribution in [0.15, 0.2) is 21.9 Å². The van der Waals surface area contributed by atoms with Gasteiger partial charge in [-0.15, -0.1) is 11.3 Å². The lowest BCUT2D eigenvalue weighted by Gasteiger charge is -2.31. The molecule has 0 saturated carbocycles. The third-order valence-corrected chi connectivity index (χ3v) is 4.90. The van der Waals surface area contributed by atoms with E-state index in [0.29, 0.717) is 6.54 Å². The van der Waals surface area contributed by atoms with Gasteiger partial charge >= 0.3 is 0 Å². The monoisotopic (exact) mass is 321 g/mol. The number of amides is 1. The fourth-order valence-electron chi connectivity index (χ4n) is 2.32. The summed E-state index contributed by atoms with van der Waals surface area (Å²) in [6, 6.07) is 3.80. The van der Waals surface area contributed by atoms with Crippen LogP contribution >= 0.6 is 11.3 Å². The molecule has 0 aliphatic heterocycles. The van der Waals surface area contributed by atoms with E-state index in [1.807, 2.05) is 38.3 Å². The molecule has 2 aromatic heterocycles. The molecule has 0 saturated heterocycles. The van der Waals surface area contributed by atoms with Crippen LogP contribution in [0.1, 0.15) is 38.1 Å². The molecule has 2 aromatic rings. The second kappa shape index (κ2) is 7.07. The molecule has 6 heteroatoms. The molecule has 0 bridgehead atoms. The highest BCUT2D eigenvalue weighted by atomic mass is 32.1. The standard InChI is InChI=1S/C16H23N3O2S/c1-4-16(5-2,10-17)19-14(20)8-12-9-22-15(18-12)13-7-6-11(3)21-13/h6-7,9H,4-5,8,10,17H2,1-3H3,(H,19,20). The van der Waals surface area contributed by atoms with Crippen LogP contribution in [0.2, 0.25) is 0 Å². The molecule has 0 atom stereocenters. The van der Waals surface area contributed by atoms with Crippen molar-refractivity contribution in [1.29, 1.82) is 0 Å². The molecule has 5 nitrogen and oxygen atoms in total. The number of hydrogen-bond donors (Lipinski definition) is 2. The van der Waals surface area contributed by atoms with E-state index < -0.39 is 0 Å². The van der Waals surface area contributed by atoms with Gasteiger partial charge in [0, 0.05) is 11.9 Å². The predicted octanol–water partition coefficient (Wildman–Crippen LogP) is 2.89. The van der Waals surface area contributed by atoms with Gasteiger partial charge in [-0.2, -0.15) is 0 Å². The van der Waals surface area contributed by atoms with Gasteiger partial charge in [-0.3, -0.25) is 4.79 Å². The van der Waals surface area contributed by atoms with Crippen molar-refractivity contribution in [3.05, 3.63) is 29.0 Å². The zero-order chi connectivity index (χ0) is 16.2. The number of furan rings is 1. The maximum Gasteiger partial charge on any atom is 0.226 e. The lowest BCUT2D eigenvalue weighted by molar-refractivity contribution is -0.122. The quantitative estimate of drug-likeness (QED) is 0.821. The van der Waals surface area contributed by atoms with Crippen molar-refractivity contribution in [2.45, 2.75) is 45.6 Å². The Labute approximate surface area is 134 Å². The summed E-state index contributed by atoms with van der Waals surface area (Å²) in [5.74, 6) is 1.55. The first kappa shape index (κ1) is 16.7. The molecule has 1 amide bonds. The number of nitrogens with one attached hydrogen (secondary N) is 1. The maximum absolute atomic E-state index is 12.2. The smallest absolute Gasteiger partial charge is 0.226 e. The van der Waals surface area contributed by atoms with Crippen molar-refractivity contribution in [3.8, 4) is 10.8 Å². The van der Waals surface area contributed by atoms with Crippen molar-refractivity contribution in [2.75, 3.05) is 6.54 Å². The van der Waals surface area contributed by atoms with Crippen LogP contribution in [-0.2, 0) is 11.2 Å². The van der Waals surface area contributed by atoms with Gasteiger partial charge in [0.05, 0.1) is 17.7 Å². The Morgan fingerprint density at radius 2 is 2.14 bits per heavy atom. The van der Waals surface area contributed by atoms with E-state index in [-0.39, 0.29) is 17.9 Å². The van der Waals surface area contributed by atoms with Crippen LogP contribution < -0.4 is 11.1 Å². The Balaban J connectivity index is 2.02. The molecular weight excluding hydrogens is 298 g/mol. The van der Waals surface area contributed by atoms with Crippen LogP contribution in [0.5, 0.6) is 0 Å². The minimum atomic E-state index is -0.311. The summed E-state index contributed by atoms with van der Waals surface area (Å²) in [6.45, 7) is 6.42. The first-order valence-electron chi connectivity index (χ1n) is 7.54. The summed E-state index contributed by atoms with van der Waals surface area (Å²) in [6.07, 6.45) is 1.90. The van der Waals surface area contributed by atoms with Crippen LogP contribution in [0, 0.1) is 6.92 Å². The predicted molar refractivity (Wildman–Crippen MR) is 88.8 cm³/mol. The minimum absolute atomic E-state index is 0.0402. The zero-order valence-electron chi connectivity index (χ0n) is 13.3. The molecule has 22 heavy (non-hydrogen) atoms. The number of aromatic nitrogens is 1. The molecule has 120 valence electrons. The Hall–Kier alpha value is -1.66. The van der Waals surface area contributed by atoms with Crippen LogP contribution in [-0.4, -0.2) is 23.0 Å². The van der Waals surface area contributed by atoms with Crippen molar-refractivity contribution in [1.82, 2.24) is 10.3 Å². The third kappa shape index (κ3) is 3.75. The summed E-state index contributed by atoms with van der Waals surface area (Å²) in [4.78, 5) is 16.7.